The van der Waals surface area contributed by atoms with E-state index in [2.05, 4.69) is 19.9 Å². The topological polar surface area (TPSA) is 50.0 Å². The maximum atomic E-state index is 12.4. The van der Waals surface area contributed by atoms with Gasteiger partial charge in [0, 0.05) is 24.6 Å². The highest BCUT2D eigenvalue weighted by Crippen LogP contribution is 2.27. The summed E-state index contributed by atoms with van der Waals surface area (Å²) in [6.07, 6.45) is 3.09. The summed E-state index contributed by atoms with van der Waals surface area (Å²) in [6.45, 7) is 4.78. The Kier molecular flexibility index (Phi) is 4.29. The van der Waals surface area contributed by atoms with Crippen molar-refractivity contribution < 1.29 is 4.79 Å². The van der Waals surface area contributed by atoms with E-state index in [4.69, 9.17) is 10.2 Å². The van der Waals surface area contributed by atoms with Crippen LogP contribution in [0.1, 0.15) is 49.4 Å². The molecule has 0 radical (unpaired) electrons. The fraction of sp³-hybridized carbons (Fsp3) is 0.286. The summed E-state index contributed by atoms with van der Waals surface area (Å²) in [5.41, 5.74) is 5.18. The normalized spacial score (nSPS) is 15.0. The van der Waals surface area contributed by atoms with Gasteiger partial charge < -0.3 is 0 Å². The van der Waals surface area contributed by atoms with Crippen LogP contribution in [0, 0.1) is 0 Å². The smallest absolute Gasteiger partial charge is 0.243 e. The van der Waals surface area contributed by atoms with Crippen molar-refractivity contribution in [1.29, 1.82) is 0 Å². The highest BCUT2D eigenvalue weighted by molar-refractivity contribution is 6.09. The van der Waals surface area contributed by atoms with Gasteiger partial charge in [-0.3, -0.25) is 4.79 Å². The Morgan fingerprint density at radius 1 is 1.04 bits per heavy atom. The molecule has 26 heavy (non-hydrogen) atoms. The third-order valence-corrected chi connectivity index (χ3v) is 4.68. The van der Waals surface area contributed by atoms with E-state index in [-0.39, 0.29) is 11.8 Å². The number of hydrazone groups is 1. The molecule has 0 saturated heterocycles. The van der Waals surface area contributed by atoms with Crippen LogP contribution in [0.25, 0.3) is 5.52 Å². The summed E-state index contributed by atoms with van der Waals surface area (Å²) in [4.78, 5) is 12.4. The van der Waals surface area contributed by atoms with Crippen molar-refractivity contribution in [2.75, 3.05) is 0 Å². The summed E-state index contributed by atoms with van der Waals surface area (Å²) in [5, 5.41) is 11.1. The molecule has 1 aliphatic heterocycles. The maximum absolute atomic E-state index is 12.4. The van der Waals surface area contributed by atoms with Gasteiger partial charge in [0.15, 0.2) is 0 Å². The lowest BCUT2D eigenvalue weighted by molar-refractivity contribution is -0.132. The minimum absolute atomic E-state index is 0.0696. The predicted molar refractivity (Wildman–Crippen MR) is 102 cm³/mol. The van der Waals surface area contributed by atoms with Crippen molar-refractivity contribution in [3.8, 4) is 0 Å². The van der Waals surface area contributed by atoms with E-state index in [9.17, 15) is 4.79 Å². The molecular formula is C21H22N4O. The van der Waals surface area contributed by atoms with Crippen LogP contribution in [0.4, 0.5) is 0 Å². The van der Waals surface area contributed by atoms with E-state index in [1.165, 1.54) is 0 Å². The molecule has 0 saturated carbocycles. The second-order valence-electron chi connectivity index (χ2n) is 6.93. The van der Waals surface area contributed by atoms with E-state index in [1.807, 2.05) is 53.2 Å². The number of pyridine rings is 1. The molecular weight excluding hydrogens is 324 g/mol. The Morgan fingerprint density at radius 2 is 1.81 bits per heavy atom. The molecule has 0 fully saturated rings. The number of nitrogens with zero attached hydrogens (tertiary/aromatic N) is 4. The number of hydrogen-bond acceptors (Lipinski definition) is 3. The van der Waals surface area contributed by atoms with Crippen LogP contribution in [0.15, 0.2) is 59.8 Å². The van der Waals surface area contributed by atoms with Crippen molar-refractivity contribution in [2.24, 2.45) is 5.10 Å². The third-order valence-electron chi connectivity index (χ3n) is 4.68. The zero-order chi connectivity index (χ0) is 18.1. The van der Waals surface area contributed by atoms with E-state index >= 15 is 0 Å². The molecule has 3 aromatic rings. The van der Waals surface area contributed by atoms with Gasteiger partial charge in [0.2, 0.25) is 5.91 Å². The van der Waals surface area contributed by atoms with E-state index in [0.717, 1.165) is 28.0 Å². The molecule has 0 N–H and O–H groups in total. The molecule has 1 aliphatic rings. The van der Waals surface area contributed by atoms with Gasteiger partial charge in [-0.15, -0.1) is 0 Å². The average Bonchev–Trinajstić information content (AvgIpc) is 3.04. The number of aromatic nitrogens is 2. The quantitative estimate of drug-likeness (QED) is 0.717. The molecule has 0 atom stereocenters. The first-order chi connectivity index (χ1) is 12.6. The van der Waals surface area contributed by atoms with Gasteiger partial charge in [0.25, 0.3) is 0 Å². The first-order valence-electron chi connectivity index (χ1n) is 9.03. The lowest BCUT2D eigenvalue weighted by Gasteiger charge is -2.24. The molecule has 0 bridgehead atoms. The summed E-state index contributed by atoms with van der Waals surface area (Å²) in [6, 6.07) is 16.0. The summed E-state index contributed by atoms with van der Waals surface area (Å²) in [5.74, 6) is 0.355. The van der Waals surface area contributed by atoms with Crippen LogP contribution in [0.3, 0.4) is 0 Å². The minimum atomic E-state index is 0.0696. The van der Waals surface area contributed by atoms with Crippen LogP contribution in [0.5, 0.6) is 0 Å². The number of carbonyl (C=O) groups excluding carboxylic acids is 1. The molecule has 5 nitrogen and oxygen atoms in total. The van der Waals surface area contributed by atoms with Crippen molar-refractivity contribution in [3.05, 3.63) is 71.5 Å². The number of hydrogen-bond donors (Lipinski definition) is 0. The van der Waals surface area contributed by atoms with E-state index in [1.54, 1.807) is 5.01 Å². The molecule has 0 spiro atoms. The Bertz CT molecular complexity index is 972. The Labute approximate surface area is 152 Å². The first kappa shape index (κ1) is 16.5. The number of amides is 1. The first-order valence-corrected chi connectivity index (χ1v) is 9.03. The number of carbonyl (C=O) groups is 1. The van der Waals surface area contributed by atoms with Gasteiger partial charge in [0.05, 0.1) is 23.5 Å². The van der Waals surface area contributed by atoms with Gasteiger partial charge in [-0.1, -0.05) is 50.2 Å². The fourth-order valence-electron chi connectivity index (χ4n) is 3.38. The highest BCUT2D eigenvalue weighted by atomic mass is 16.2. The largest absolute Gasteiger partial charge is 0.273 e. The van der Waals surface area contributed by atoms with Gasteiger partial charge in [-0.2, -0.15) is 10.2 Å². The van der Waals surface area contributed by atoms with Crippen LogP contribution in [-0.4, -0.2) is 26.2 Å². The van der Waals surface area contributed by atoms with Gasteiger partial charge in [0.1, 0.15) is 0 Å². The summed E-state index contributed by atoms with van der Waals surface area (Å²) < 4.78 is 1.91. The Morgan fingerprint density at radius 3 is 2.58 bits per heavy atom. The van der Waals surface area contributed by atoms with E-state index in [0.29, 0.717) is 19.4 Å². The average molecular weight is 346 g/mol. The monoisotopic (exact) mass is 346 g/mol. The molecule has 1 amide bonds. The molecule has 0 aliphatic carbocycles. The van der Waals surface area contributed by atoms with Crippen molar-refractivity contribution in [1.82, 2.24) is 14.6 Å². The molecule has 132 valence electrons. The predicted octanol–water partition coefficient (Wildman–Crippen LogP) is 3.98. The van der Waals surface area contributed by atoms with Crippen molar-refractivity contribution >= 4 is 17.1 Å². The van der Waals surface area contributed by atoms with Crippen LogP contribution in [-0.2, 0) is 11.3 Å². The molecule has 2 aromatic heterocycles. The van der Waals surface area contributed by atoms with E-state index < -0.39 is 0 Å². The molecule has 4 rings (SSSR count). The lowest BCUT2D eigenvalue weighted by atomic mass is 9.97. The van der Waals surface area contributed by atoms with Crippen LogP contribution in [0.2, 0.25) is 0 Å². The molecule has 1 aromatic carbocycles. The SMILES string of the molecule is CC(C)c1nn2ccccc2c1C1=NN(Cc2ccccc2)C(=O)CC1. The summed E-state index contributed by atoms with van der Waals surface area (Å²) >= 11 is 0. The minimum Gasteiger partial charge on any atom is -0.273 e. The number of rotatable bonds is 4. The highest BCUT2D eigenvalue weighted by Gasteiger charge is 2.26. The van der Waals surface area contributed by atoms with Gasteiger partial charge in [-0.25, -0.2) is 9.52 Å². The van der Waals surface area contributed by atoms with Crippen LogP contribution < -0.4 is 0 Å². The molecule has 0 unspecified atom stereocenters. The van der Waals surface area contributed by atoms with Gasteiger partial charge >= 0.3 is 0 Å². The van der Waals surface area contributed by atoms with Gasteiger partial charge in [-0.05, 0) is 23.6 Å². The van der Waals surface area contributed by atoms with Crippen molar-refractivity contribution in [3.63, 3.8) is 0 Å². The Balaban J connectivity index is 1.77. The fourth-order valence-corrected chi connectivity index (χ4v) is 3.38. The maximum Gasteiger partial charge on any atom is 0.243 e. The number of fused-ring (bicyclic) bond motifs is 1. The van der Waals surface area contributed by atoms with Crippen LogP contribution >= 0.6 is 0 Å². The zero-order valence-corrected chi connectivity index (χ0v) is 15.1. The standard InChI is InChI=1S/C21H22N4O/c1-15(2)21-20(18-10-6-7-13-24(18)23-21)17-11-12-19(26)25(22-17)14-16-8-4-3-5-9-16/h3-10,13,15H,11-12,14H2,1-2H3. The second kappa shape index (κ2) is 6.75. The van der Waals surface area contributed by atoms with Crippen molar-refractivity contribution in [2.45, 2.75) is 39.2 Å². The summed E-state index contributed by atoms with van der Waals surface area (Å²) in [7, 11) is 0. The second-order valence-corrected chi connectivity index (χ2v) is 6.93. The molecule has 5 heteroatoms. The Hall–Kier alpha value is -2.95. The lowest BCUT2D eigenvalue weighted by Crippen LogP contribution is -2.31. The molecule has 3 heterocycles. The number of benzene rings is 1. The zero-order valence-electron chi connectivity index (χ0n) is 15.1. The third kappa shape index (κ3) is 3.01.